The number of ether oxygens (including phenoxy) is 2. The Morgan fingerprint density at radius 2 is 1.80 bits per heavy atom. The first-order valence-electron chi connectivity index (χ1n) is 10.6. The van der Waals surface area contributed by atoms with Gasteiger partial charge in [-0.3, -0.25) is 14.9 Å². The predicted octanol–water partition coefficient (Wildman–Crippen LogP) is 4.31. The number of para-hydroxylation sites is 1. The van der Waals surface area contributed by atoms with E-state index in [-0.39, 0.29) is 13.0 Å². The number of nitrogens with zero attached hydrogens (tertiary/aromatic N) is 1. The zero-order chi connectivity index (χ0) is 24.5. The monoisotopic (exact) mass is 491 g/mol. The number of rotatable bonds is 9. The Hall–Kier alpha value is -4.44. The van der Waals surface area contributed by atoms with Crippen LogP contribution in [-0.4, -0.2) is 29.5 Å². The Labute approximate surface area is 204 Å². The molecule has 0 bridgehead atoms. The third kappa shape index (κ3) is 7.27. The Balaban J connectivity index is 1.23. The maximum Gasteiger partial charge on any atom is 0.321 e. The minimum Gasteiger partial charge on any atom is -0.467 e. The van der Waals surface area contributed by atoms with Crippen molar-refractivity contribution in [3.63, 3.8) is 0 Å². The molecule has 2 aromatic heterocycles. The van der Waals surface area contributed by atoms with Crippen molar-refractivity contribution in [2.24, 2.45) is 0 Å². The van der Waals surface area contributed by atoms with Crippen molar-refractivity contribution < 1.29 is 28.3 Å². The molecule has 0 radical (unpaired) electrons. The zero-order valence-electron chi connectivity index (χ0n) is 18.4. The van der Waals surface area contributed by atoms with Gasteiger partial charge in [0, 0.05) is 10.9 Å². The summed E-state index contributed by atoms with van der Waals surface area (Å²) < 4.78 is 15.9. The standard InChI is InChI=1S/C25H21N3O6S/c29-22(28-25(31)26-14-21-10-5-11-32-21)15-33-23(30)13-18-16-35-24(27-18)17-6-4-9-20(12-17)34-19-7-2-1-3-8-19/h1-12,16H,13-15H2,(H2,26,28,29,31). The third-order valence-corrected chi connectivity index (χ3v) is 5.50. The molecule has 0 saturated carbocycles. The molecule has 2 heterocycles. The van der Waals surface area contributed by atoms with Crippen LogP contribution in [0.1, 0.15) is 11.5 Å². The van der Waals surface area contributed by atoms with Gasteiger partial charge >= 0.3 is 12.0 Å². The third-order valence-electron chi connectivity index (χ3n) is 4.56. The normalized spacial score (nSPS) is 10.4. The van der Waals surface area contributed by atoms with Crippen LogP contribution in [-0.2, 0) is 27.3 Å². The van der Waals surface area contributed by atoms with Crippen LogP contribution in [0.15, 0.2) is 82.8 Å². The molecule has 35 heavy (non-hydrogen) atoms. The van der Waals surface area contributed by atoms with Gasteiger partial charge in [-0.25, -0.2) is 9.78 Å². The quantitative estimate of drug-likeness (QED) is 0.335. The number of aromatic nitrogens is 1. The number of hydrogen-bond acceptors (Lipinski definition) is 8. The topological polar surface area (TPSA) is 120 Å². The molecule has 4 rings (SSSR count). The zero-order valence-corrected chi connectivity index (χ0v) is 19.2. The van der Waals surface area contributed by atoms with Gasteiger partial charge in [-0.05, 0) is 36.4 Å². The van der Waals surface area contributed by atoms with Crippen LogP contribution in [0, 0.1) is 0 Å². The van der Waals surface area contributed by atoms with Crippen LogP contribution in [0.2, 0.25) is 0 Å². The molecule has 0 saturated heterocycles. The number of nitrogens with one attached hydrogen (secondary N) is 2. The molecule has 0 unspecified atom stereocenters. The lowest BCUT2D eigenvalue weighted by Gasteiger charge is -2.06. The molecular weight excluding hydrogens is 470 g/mol. The van der Waals surface area contributed by atoms with E-state index in [2.05, 4.69) is 15.6 Å². The van der Waals surface area contributed by atoms with Gasteiger partial charge in [0.15, 0.2) is 6.61 Å². The van der Waals surface area contributed by atoms with E-state index in [1.54, 1.807) is 17.5 Å². The van der Waals surface area contributed by atoms with Gasteiger partial charge in [-0.2, -0.15) is 0 Å². The molecule has 10 heteroatoms. The number of benzene rings is 2. The molecule has 9 nitrogen and oxygen atoms in total. The SMILES string of the molecule is O=C(COC(=O)Cc1csc(-c2cccc(Oc3ccccc3)c2)n1)NC(=O)NCc1ccco1. The molecule has 2 aromatic carbocycles. The minimum atomic E-state index is -0.746. The van der Waals surface area contributed by atoms with E-state index in [9.17, 15) is 14.4 Å². The lowest BCUT2D eigenvalue weighted by atomic mass is 10.2. The average Bonchev–Trinajstić information content (AvgIpc) is 3.55. The molecule has 0 spiro atoms. The van der Waals surface area contributed by atoms with Crippen LogP contribution in [0.25, 0.3) is 10.6 Å². The van der Waals surface area contributed by atoms with Crippen LogP contribution in [0.4, 0.5) is 4.79 Å². The lowest BCUT2D eigenvalue weighted by Crippen LogP contribution is -2.41. The van der Waals surface area contributed by atoms with E-state index >= 15 is 0 Å². The number of amides is 3. The fourth-order valence-electron chi connectivity index (χ4n) is 2.97. The van der Waals surface area contributed by atoms with E-state index in [4.69, 9.17) is 13.9 Å². The lowest BCUT2D eigenvalue weighted by molar-refractivity contribution is -0.147. The average molecular weight is 492 g/mol. The maximum absolute atomic E-state index is 12.1. The first-order chi connectivity index (χ1) is 17.0. The highest BCUT2D eigenvalue weighted by Crippen LogP contribution is 2.29. The second-order valence-corrected chi connectivity index (χ2v) is 8.09. The number of imide groups is 1. The molecule has 0 fully saturated rings. The number of carbonyl (C=O) groups is 3. The Morgan fingerprint density at radius 1 is 0.971 bits per heavy atom. The van der Waals surface area contributed by atoms with Crippen LogP contribution < -0.4 is 15.4 Å². The molecule has 0 aliphatic carbocycles. The van der Waals surface area contributed by atoms with E-state index in [1.807, 2.05) is 54.6 Å². The number of furan rings is 1. The highest BCUT2D eigenvalue weighted by molar-refractivity contribution is 7.13. The van der Waals surface area contributed by atoms with E-state index in [0.717, 1.165) is 16.3 Å². The largest absolute Gasteiger partial charge is 0.467 e. The smallest absolute Gasteiger partial charge is 0.321 e. The van der Waals surface area contributed by atoms with E-state index in [0.29, 0.717) is 17.2 Å². The number of hydrogen-bond donors (Lipinski definition) is 2. The Morgan fingerprint density at radius 3 is 2.60 bits per heavy atom. The van der Waals surface area contributed by atoms with Crippen molar-refractivity contribution in [1.29, 1.82) is 0 Å². The van der Waals surface area contributed by atoms with Gasteiger partial charge in [-0.1, -0.05) is 30.3 Å². The molecule has 0 atom stereocenters. The Kier molecular flexibility index (Phi) is 7.87. The van der Waals surface area contributed by atoms with Gasteiger partial charge in [0.2, 0.25) is 0 Å². The van der Waals surface area contributed by atoms with Crippen molar-refractivity contribution in [3.05, 3.63) is 89.8 Å². The maximum atomic E-state index is 12.1. The van der Waals surface area contributed by atoms with Crippen LogP contribution in [0.3, 0.4) is 0 Å². The summed E-state index contributed by atoms with van der Waals surface area (Å²) in [6.07, 6.45) is 1.37. The summed E-state index contributed by atoms with van der Waals surface area (Å²) in [5.41, 5.74) is 1.36. The second kappa shape index (κ2) is 11.6. The number of carbonyl (C=O) groups excluding carboxylic acids is 3. The number of thiazole rings is 1. The van der Waals surface area contributed by atoms with Gasteiger partial charge in [-0.15, -0.1) is 11.3 Å². The van der Waals surface area contributed by atoms with Gasteiger partial charge in [0.05, 0.1) is 24.9 Å². The summed E-state index contributed by atoms with van der Waals surface area (Å²) in [7, 11) is 0. The first kappa shape index (κ1) is 23.7. The molecular formula is C25H21N3O6S. The van der Waals surface area contributed by atoms with Gasteiger partial charge in [0.1, 0.15) is 22.3 Å². The van der Waals surface area contributed by atoms with Crippen LogP contribution in [0.5, 0.6) is 11.5 Å². The molecule has 178 valence electrons. The first-order valence-corrected chi connectivity index (χ1v) is 11.5. The van der Waals surface area contributed by atoms with Crippen molar-refractivity contribution in [3.8, 4) is 22.1 Å². The summed E-state index contributed by atoms with van der Waals surface area (Å²) in [6.45, 7) is -0.456. The van der Waals surface area contributed by atoms with Crippen LogP contribution >= 0.6 is 11.3 Å². The van der Waals surface area contributed by atoms with E-state index < -0.39 is 24.5 Å². The van der Waals surface area contributed by atoms with Crippen molar-refractivity contribution >= 4 is 29.2 Å². The fourth-order valence-corrected chi connectivity index (χ4v) is 3.79. The summed E-state index contributed by atoms with van der Waals surface area (Å²) in [5, 5.41) is 7.01. The molecule has 3 amide bonds. The minimum absolute atomic E-state index is 0.103. The van der Waals surface area contributed by atoms with Crippen molar-refractivity contribution in [2.45, 2.75) is 13.0 Å². The summed E-state index contributed by atoms with van der Waals surface area (Å²) in [6, 6.07) is 19.6. The second-order valence-electron chi connectivity index (χ2n) is 7.23. The number of esters is 1. The van der Waals surface area contributed by atoms with E-state index in [1.165, 1.54) is 17.6 Å². The molecule has 0 aliphatic rings. The summed E-state index contributed by atoms with van der Waals surface area (Å²) in [5.74, 6) is 0.561. The van der Waals surface area contributed by atoms with Gasteiger partial charge in [0.25, 0.3) is 5.91 Å². The highest BCUT2D eigenvalue weighted by atomic mass is 32.1. The molecule has 0 aliphatic heterocycles. The summed E-state index contributed by atoms with van der Waals surface area (Å²) in [4.78, 5) is 40.1. The summed E-state index contributed by atoms with van der Waals surface area (Å²) >= 11 is 1.38. The predicted molar refractivity (Wildman–Crippen MR) is 128 cm³/mol. The van der Waals surface area contributed by atoms with Gasteiger partial charge < -0.3 is 19.2 Å². The number of urea groups is 1. The fraction of sp³-hybridized carbons (Fsp3) is 0.120. The molecule has 2 N–H and O–H groups in total. The van der Waals surface area contributed by atoms with Crippen molar-refractivity contribution in [2.75, 3.05) is 6.61 Å². The van der Waals surface area contributed by atoms with Crippen molar-refractivity contribution in [1.82, 2.24) is 15.6 Å². The Bertz CT molecular complexity index is 1290. The highest BCUT2D eigenvalue weighted by Gasteiger charge is 2.14. The molecule has 4 aromatic rings.